The van der Waals surface area contributed by atoms with Crippen LogP contribution in [0.3, 0.4) is 0 Å². The third-order valence-corrected chi connectivity index (χ3v) is 4.22. The average molecular weight is 417 g/mol. The number of carbonyl (C=O) groups excluding carboxylic acids is 1. The molecule has 30 heavy (non-hydrogen) atoms. The van der Waals surface area contributed by atoms with Crippen LogP contribution >= 0.6 is 0 Å². The predicted molar refractivity (Wildman–Crippen MR) is 112 cm³/mol. The number of nitrogens with one attached hydrogen (secondary N) is 3. The van der Waals surface area contributed by atoms with Crippen molar-refractivity contribution in [2.45, 2.75) is 45.4 Å². The third-order valence-electron chi connectivity index (χ3n) is 4.22. The van der Waals surface area contributed by atoms with Crippen molar-refractivity contribution >= 4 is 12.1 Å². The maximum absolute atomic E-state index is 11.9. The molecule has 0 aliphatic carbocycles. The van der Waals surface area contributed by atoms with Crippen LogP contribution < -0.4 is 26.1 Å². The molecule has 2 rings (SSSR count). The minimum Gasteiger partial charge on any atom is -0.493 e. The van der Waals surface area contributed by atoms with Crippen molar-refractivity contribution in [2.24, 2.45) is 5.10 Å². The van der Waals surface area contributed by atoms with E-state index in [-0.39, 0.29) is 18.5 Å². The largest absolute Gasteiger partial charge is 0.493 e. The van der Waals surface area contributed by atoms with Crippen molar-refractivity contribution in [2.75, 3.05) is 13.7 Å². The number of hydrazone groups is 1. The molecule has 2 aromatic rings. The van der Waals surface area contributed by atoms with Gasteiger partial charge in [0.15, 0.2) is 11.5 Å². The monoisotopic (exact) mass is 417 g/mol. The summed E-state index contributed by atoms with van der Waals surface area (Å²) in [6, 6.07) is 5.38. The number of aromatic amines is 2. The quantitative estimate of drug-likeness (QED) is 0.272. The number of aromatic nitrogens is 3. The molecule has 0 fully saturated rings. The van der Waals surface area contributed by atoms with E-state index in [0.29, 0.717) is 18.1 Å². The molecular formula is C20H27N5O5. The number of amides is 1. The zero-order chi connectivity index (χ0) is 21.8. The smallest absolute Gasteiger partial charge is 0.342 e. The molecule has 0 saturated heterocycles. The lowest BCUT2D eigenvalue weighted by molar-refractivity contribution is -0.121. The summed E-state index contributed by atoms with van der Waals surface area (Å²) in [5.74, 6) is 0.857. The Bertz CT molecular complexity index is 967. The lowest BCUT2D eigenvalue weighted by Gasteiger charge is -2.11. The molecule has 0 aliphatic rings. The molecule has 1 amide bonds. The van der Waals surface area contributed by atoms with Crippen LogP contribution in [-0.2, 0) is 11.2 Å². The molecule has 1 aromatic heterocycles. The maximum Gasteiger partial charge on any atom is 0.342 e. The Kier molecular flexibility index (Phi) is 9.29. The molecular weight excluding hydrogens is 390 g/mol. The fraction of sp³-hybridized carbons (Fsp3) is 0.450. The van der Waals surface area contributed by atoms with Gasteiger partial charge in [0.2, 0.25) is 5.91 Å². The number of benzene rings is 1. The first-order valence-electron chi connectivity index (χ1n) is 9.84. The second-order valence-corrected chi connectivity index (χ2v) is 6.57. The first-order chi connectivity index (χ1) is 14.5. The van der Waals surface area contributed by atoms with Gasteiger partial charge in [-0.2, -0.15) is 10.2 Å². The van der Waals surface area contributed by atoms with Crippen molar-refractivity contribution < 1.29 is 14.3 Å². The number of methoxy groups -OCH3 is 1. The normalized spacial score (nSPS) is 10.9. The summed E-state index contributed by atoms with van der Waals surface area (Å²) in [4.78, 5) is 36.4. The number of aryl methyl sites for hydroxylation is 1. The first-order valence-corrected chi connectivity index (χ1v) is 9.84. The summed E-state index contributed by atoms with van der Waals surface area (Å²) in [5.41, 5.74) is 1.87. The van der Waals surface area contributed by atoms with Crippen LogP contribution in [0, 0.1) is 0 Å². The number of rotatable bonds is 12. The molecule has 162 valence electrons. The molecule has 3 N–H and O–H groups in total. The highest BCUT2D eigenvalue weighted by molar-refractivity contribution is 5.83. The summed E-state index contributed by atoms with van der Waals surface area (Å²) in [6.07, 6.45) is 6.05. The molecule has 0 radical (unpaired) electrons. The minimum atomic E-state index is -0.693. The van der Waals surface area contributed by atoms with Gasteiger partial charge in [-0.15, -0.1) is 0 Å². The molecule has 0 bridgehead atoms. The van der Waals surface area contributed by atoms with Gasteiger partial charge in [-0.05, 0) is 30.2 Å². The predicted octanol–water partition coefficient (Wildman–Crippen LogP) is 1.51. The summed E-state index contributed by atoms with van der Waals surface area (Å²) in [5, 5.41) is 9.64. The molecule has 0 atom stereocenters. The van der Waals surface area contributed by atoms with Gasteiger partial charge in [-0.1, -0.05) is 26.2 Å². The van der Waals surface area contributed by atoms with Crippen LogP contribution in [-0.4, -0.2) is 41.0 Å². The number of hydrogen-bond donors (Lipinski definition) is 3. The Morgan fingerprint density at radius 1 is 1.23 bits per heavy atom. The van der Waals surface area contributed by atoms with E-state index in [1.54, 1.807) is 19.2 Å². The fourth-order valence-electron chi connectivity index (χ4n) is 2.60. The van der Waals surface area contributed by atoms with Crippen LogP contribution in [0.25, 0.3) is 0 Å². The Morgan fingerprint density at radius 2 is 2.07 bits per heavy atom. The molecule has 10 heteroatoms. The van der Waals surface area contributed by atoms with Gasteiger partial charge >= 0.3 is 5.69 Å². The number of ether oxygens (including phenoxy) is 2. The van der Waals surface area contributed by atoms with Crippen LogP contribution in [0.4, 0.5) is 0 Å². The SMILES string of the molecule is CCCCCCOc1ccc(/C=N\NC(=O)CCc2n[nH]c(=O)[nH]c2=O)cc1OC. The van der Waals surface area contributed by atoms with Gasteiger partial charge < -0.3 is 9.47 Å². The molecule has 0 saturated carbocycles. The number of unbranched alkanes of at least 4 members (excludes halogenated alkanes) is 3. The van der Waals surface area contributed by atoms with Crippen LogP contribution in [0.1, 0.15) is 50.3 Å². The van der Waals surface area contributed by atoms with E-state index >= 15 is 0 Å². The Balaban J connectivity index is 1.83. The van der Waals surface area contributed by atoms with Gasteiger partial charge in [-0.3, -0.25) is 14.6 Å². The minimum absolute atomic E-state index is 0.00636. The van der Waals surface area contributed by atoms with Crippen LogP contribution in [0.5, 0.6) is 11.5 Å². The van der Waals surface area contributed by atoms with Crippen LogP contribution in [0.2, 0.25) is 0 Å². The van der Waals surface area contributed by atoms with Gasteiger partial charge in [0.1, 0.15) is 5.69 Å². The van der Waals surface area contributed by atoms with Gasteiger partial charge in [-0.25, -0.2) is 15.3 Å². The van der Waals surface area contributed by atoms with Gasteiger partial charge in [0.05, 0.1) is 19.9 Å². The Hall–Kier alpha value is -3.43. The van der Waals surface area contributed by atoms with Crippen molar-refractivity contribution in [3.8, 4) is 11.5 Å². The number of H-pyrrole nitrogens is 2. The molecule has 1 aromatic carbocycles. The summed E-state index contributed by atoms with van der Waals surface area (Å²) in [7, 11) is 1.56. The third kappa shape index (κ3) is 7.53. The Labute approximate surface area is 173 Å². The van der Waals surface area contributed by atoms with E-state index < -0.39 is 17.2 Å². The highest BCUT2D eigenvalue weighted by Crippen LogP contribution is 2.27. The van der Waals surface area contributed by atoms with Crippen molar-refractivity contribution in [1.29, 1.82) is 0 Å². The summed E-state index contributed by atoms with van der Waals surface area (Å²) in [6.45, 7) is 2.80. The number of carbonyl (C=O) groups is 1. The second-order valence-electron chi connectivity index (χ2n) is 6.57. The van der Waals surface area contributed by atoms with Crippen molar-refractivity contribution in [1.82, 2.24) is 20.6 Å². The first kappa shape index (κ1) is 22.9. The topological polar surface area (TPSA) is 139 Å². The van der Waals surface area contributed by atoms with E-state index in [4.69, 9.17) is 9.47 Å². The lowest BCUT2D eigenvalue weighted by Crippen LogP contribution is -2.28. The lowest BCUT2D eigenvalue weighted by atomic mass is 10.2. The van der Waals surface area contributed by atoms with E-state index in [9.17, 15) is 14.4 Å². The Morgan fingerprint density at radius 3 is 2.80 bits per heavy atom. The standard InChI is InChI=1S/C20H27N5O5/c1-3-4-5-6-11-30-16-9-7-14(12-17(16)29-2)13-21-24-18(26)10-8-15-19(27)22-20(28)25-23-15/h7,9,12-13H,3-6,8,10-11H2,1-2H3,(H,24,26)(H2,22,25,27,28)/b21-13-. The zero-order valence-electron chi connectivity index (χ0n) is 17.2. The molecule has 0 unspecified atom stereocenters. The van der Waals surface area contributed by atoms with Gasteiger partial charge in [0.25, 0.3) is 5.56 Å². The van der Waals surface area contributed by atoms with E-state index in [1.165, 1.54) is 19.1 Å². The molecule has 0 aliphatic heterocycles. The highest BCUT2D eigenvalue weighted by Gasteiger charge is 2.07. The second kappa shape index (κ2) is 12.2. The van der Waals surface area contributed by atoms with Crippen molar-refractivity contribution in [3.05, 3.63) is 50.3 Å². The summed E-state index contributed by atoms with van der Waals surface area (Å²) < 4.78 is 11.1. The molecule has 1 heterocycles. The van der Waals surface area contributed by atoms with E-state index in [2.05, 4.69) is 32.6 Å². The van der Waals surface area contributed by atoms with Crippen molar-refractivity contribution in [3.63, 3.8) is 0 Å². The van der Waals surface area contributed by atoms with E-state index in [1.807, 2.05) is 6.07 Å². The molecule has 0 spiro atoms. The maximum atomic E-state index is 11.9. The average Bonchev–Trinajstić information content (AvgIpc) is 2.73. The van der Waals surface area contributed by atoms with E-state index in [0.717, 1.165) is 18.4 Å². The number of nitrogens with zero attached hydrogens (tertiary/aromatic N) is 2. The fourth-order valence-corrected chi connectivity index (χ4v) is 2.60. The van der Waals surface area contributed by atoms with Crippen LogP contribution in [0.15, 0.2) is 32.9 Å². The number of hydrogen-bond acceptors (Lipinski definition) is 7. The highest BCUT2D eigenvalue weighted by atomic mass is 16.5. The molecule has 10 nitrogen and oxygen atoms in total. The van der Waals surface area contributed by atoms with Gasteiger partial charge in [0, 0.05) is 12.8 Å². The zero-order valence-corrected chi connectivity index (χ0v) is 17.2. The summed E-state index contributed by atoms with van der Waals surface area (Å²) >= 11 is 0.